The van der Waals surface area contributed by atoms with E-state index in [2.05, 4.69) is 22.2 Å². The molecule has 2 rings (SSSR count). The lowest BCUT2D eigenvalue weighted by Crippen LogP contribution is -2.43. The molecule has 1 fully saturated rings. The molecule has 1 heterocycles. The van der Waals surface area contributed by atoms with Crippen LogP contribution in [0.15, 0.2) is 6.07 Å². The van der Waals surface area contributed by atoms with Crippen LogP contribution in [0, 0.1) is 0 Å². The summed E-state index contributed by atoms with van der Waals surface area (Å²) in [5.41, 5.74) is -0.553. The number of anilines is 1. The van der Waals surface area contributed by atoms with Gasteiger partial charge in [0.2, 0.25) is 0 Å². The van der Waals surface area contributed by atoms with Crippen molar-refractivity contribution in [2.24, 2.45) is 0 Å². The molecule has 1 aliphatic carbocycles. The van der Waals surface area contributed by atoms with Crippen molar-refractivity contribution >= 4 is 17.4 Å². The summed E-state index contributed by atoms with van der Waals surface area (Å²) in [6.45, 7) is 2.61. The van der Waals surface area contributed by atoms with Gasteiger partial charge in [-0.25, -0.2) is 9.97 Å². The predicted octanol–water partition coefficient (Wildman–Crippen LogP) is 2.41. The van der Waals surface area contributed by atoms with Gasteiger partial charge in [-0.3, -0.25) is 0 Å². The molecule has 4 nitrogen and oxygen atoms in total. The number of hydrogen-bond acceptors (Lipinski definition) is 4. The lowest BCUT2D eigenvalue weighted by Gasteiger charge is -2.36. The average molecular weight is 256 g/mol. The Bertz CT molecular complexity index is 393. The fourth-order valence-corrected chi connectivity index (χ4v) is 2.11. The highest BCUT2D eigenvalue weighted by Crippen LogP contribution is 2.31. The van der Waals surface area contributed by atoms with Crippen molar-refractivity contribution in [2.45, 2.75) is 44.6 Å². The molecule has 1 aromatic heterocycles. The molecule has 0 unspecified atom stereocenters. The molecule has 0 atom stereocenters. The molecule has 0 aliphatic heterocycles. The summed E-state index contributed by atoms with van der Waals surface area (Å²) in [5.74, 6) is 1.46. The van der Waals surface area contributed by atoms with E-state index >= 15 is 0 Å². The zero-order valence-electron chi connectivity index (χ0n) is 10.0. The van der Waals surface area contributed by atoms with Crippen LogP contribution in [0.3, 0.4) is 0 Å². The Morgan fingerprint density at radius 3 is 2.82 bits per heavy atom. The van der Waals surface area contributed by atoms with E-state index < -0.39 is 5.60 Å². The number of aliphatic hydroxyl groups is 1. The summed E-state index contributed by atoms with van der Waals surface area (Å²) < 4.78 is 0. The molecular formula is C12H18ClN3O. The van der Waals surface area contributed by atoms with Gasteiger partial charge >= 0.3 is 0 Å². The first-order valence-electron chi connectivity index (χ1n) is 6.11. The normalized spacial score (nSPS) is 17.6. The van der Waals surface area contributed by atoms with Gasteiger partial charge in [0.05, 0.1) is 5.60 Å². The first-order valence-corrected chi connectivity index (χ1v) is 6.49. The number of hydrogen-bond donors (Lipinski definition) is 2. The number of aromatic nitrogens is 2. The molecule has 1 aromatic rings. The van der Waals surface area contributed by atoms with Gasteiger partial charge < -0.3 is 10.4 Å². The highest BCUT2D eigenvalue weighted by molar-refractivity contribution is 6.29. The van der Waals surface area contributed by atoms with E-state index in [9.17, 15) is 5.11 Å². The summed E-state index contributed by atoms with van der Waals surface area (Å²) in [4.78, 5) is 8.52. The second kappa shape index (κ2) is 5.19. The highest BCUT2D eigenvalue weighted by atomic mass is 35.5. The van der Waals surface area contributed by atoms with E-state index in [1.54, 1.807) is 6.07 Å². The van der Waals surface area contributed by atoms with Crippen LogP contribution >= 0.6 is 11.6 Å². The van der Waals surface area contributed by atoms with Crippen LogP contribution in [0.5, 0.6) is 0 Å². The number of rotatable bonds is 5. The van der Waals surface area contributed by atoms with Crippen molar-refractivity contribution in [3.63, 3.8) is 0 Å². The summed E-state index contributed by atoms with van der Waals surface area (Å²) in [5, 5.41) is 13.6. The molecule has 5 heteroatoms. The number of aryl methyl sites for hydroxylation is 1. The third-order valence-corrected chi connectivity index (χ3v) is 3.29. The van der Waals surface area contributed by atoms with Crippen LogP contribution in [0.1, 0.15) is 38.4 Å². The van der Waals surface area contributed by atoms with E-state index in [1.165, 1.54) is 0 Å². The van der Waals surface area contributed by atoms with Crippen molar-refractivity contribution in [3.05, 3.63) is 17.0 Å². The van der Waals surface area contributed by atoms with Gasteiger partial charge in [0, 0.05) is 19.0 Å². The van der Waals surface area contributed by atoms with Crippen LogP contribution in [0.2, 0.25) is 5.15 Å². The molecule has 17 heavy (non-hydrogen) atoms. The topological polar surface area (TPSA) is 58.0 Å². The Kier molecular flexibility index (Phi) is 3.84. The third kappa shape index (κ3) is 3.30. The number of halogens is 1. The van der Waals surface area contributed by atoms with Crippen LogP contribution < -0.4 is 5.32 Å². The first kappa shape index (κ1) is 12.6. The van der Waals surface area contributed by atoms with Crippen molar-refractivity contribution in [3.8, 4) is 0 Å². The van der Waals surface area contributed by atoms with Crippen molar-refractivity contribution < 1.29 is 5.11 Å². The van der Waals surface area contributed by atoms with E-state index in [0.717, 1.165) is 37.9 Å². The minimum absolute atomic E-state index is 0.451. The summed E-state index contributed by atoms with van der Waals surface area (Å²) in [7, 11) is 0. The Morgan fingerprint density at radius 2 is 2.24 bits per heavy atom. The average Bonchev–Trinajstić information content (AvgIpc) is 2.23. The minimum atomic E-state index is -0.553. The van der Waals surface area contributed by atoms with E-state index in [-0.39, 0.29) is 0 Å². The summed E-state index contributed by atoms with van der Waals surface area (Å²) >= 11 is 5.93. The molecule has 94 valence electrons. The van der Waals surface area contributed by atoms with Crippen molar-refractivity contribution in [2.75, 3.05) is 11.9 Å². The Labute approximate surface area is 106 Å². The SMILES string of the molecule is CCCc1nc(Cl)cc(NCC2(O)CCC2)n1. The fraction of sp³-hybridized carbons (Fsp3) is 0.667. The lowest BCUT2D eigenvalue weighted by molar-refractivity contribution is -0.0202. The minimum Gasteiger partial charge on any atom is -0.388 e. The third-order valence-electron chi connectivity index (χ3n) is 3.10. The molecule has 0 aromatic carbocycles. The van der Waals surface area contributed by atoms with Gasteiger partial charge in [-0.1, -0.05) is 18.5 Å². The first-order chi connectivity index (χ1) is 8.11. The van der Waals surface area contributed by atoms with E-state index in [0.29, 0.717) is 17.5 Å². The highest BCUT2D eigenvalue weighted by Gasteiger charge is 2.34. The van der Waals surface area contributed by atoms with Gasteiger partial charge in [0.1, 0.15) is 16.8 Å². The van der Waals surface area contributed by atoms with Gasteiger partial charge in [0.25, 0.3) is 0 Å². The second-order valence-corrected chi connectivity index (χ2v) is 5.06. The van der Waals surface area contributed by atoms with Gasteiger partial charge in [0.15, 0.2) is 0 Å². The van der Waals surface area contributed by atoms with Gasteiger partial charge in [-0.05, 0) is 25.7 Å². The summed E-state index contributed by atoms with van der Waals surface area (Å²) in [6, 6.07) is 1.70. The van der Waals surface area contributed by atoms with E-state index in [1.807, 2.05) is 0 Å². The van der Waals surface area contributed by atoms with E-state index in [4.69, 9.17) is 11.6 Å². The standard InChI is InChI=1S/C12H18ClN3O/c1-2-4-10-15-9(13)7-11(16-10)14-8-12(17)5-3-6-12/h7,17H,2-6,8H2,1H3,(H,14,15,16). The molecule has 0 saturated heterocycles. The number of nitrogens with one attached hydrogen (secondary N) is 1. The monoisotopic (exact) mass is 255 g/mol. The molecule has 1 aliphatic rings. The molecule has 1 saturated carbocycles. The lowest BCUT2D eigenvalue weighted by atomic mass is 9.80. The van der Waals surface area contributed by atoms with Crippen LogP contribution in [0.4, 0.5) is 5.82 Å². The smallest absolute Gasteiger partial charge is 0.134 e. The molecule has 0 spiro atoms. The second-order valence-electron chi connectivity index (χ2n) is 4.67. The quantitative estimate of drug-likeness (QED) is 0.794. The fourth-order valence-electron chi connectivity index (χ4n) is 1.91. The molecule has 2 N–H and O–H groups in total. The Hall–Kier alpha value is -0.870. The van der Waals surface area contributed by atoms with Crippen LogP contribution in [0.25, 0.3) is 0 Å². The molecular weight excluding hydrogens is 238 g/mol. The summed E-state index contributed by atoms with van der Waals surface area (Å²) in [6.07, 6.45) is 4.63. The van der Waals surface area contributed by atoms with Gasteiger partial charge in [-0.15, -0.1) is 0 Å². The Morgan fingerprint density at radius 1 is 1.47 bits per heavy atom. The molecule has 0 radical (unpaired) electrons. The molecule has 0 amide bonds. The zero-order chi connectivity index (χ0) is 12.3. The van der Waals surface area contributed by atoms with Crippen LogP contribution in [-0.2, 0) is 6.42 Å². The maximum absolute atomic E-state index is 9.97. The Balaban J connectivity index is 1.99. The maximum Gasteiger partial charge on any atom is 0.134 e. The van der Waals surface area contributed by atoms with Gasteiger partial charge in [-0.2, -0.15) is 0 Å². The van der Waals surface area contributed by atoms with Crippen LogP contribution in [-0.4, -0.2) is 27.2 Å². The molecule has 0 bridgehead atoms. The zero-order valence-corrected chi connectivity index (χ0v) is 10.8. The predicted molar refractivity (Wildman–Crippen MR) is 68.3 cm³/mol. The van der Waals surface area contributed by atoms with Crippen molar-refractivity contribution in [1.82, 2.24) is 9.97 Å². The number of nitrogens with zero attached hydrogens (tertiary/aromatic N) is 2. The largest absolute Gasteiger partial charge is 0.388 e. The van der Waals surface area contributed by atoms with Crippen molar-refractivity contribution in [1.29, 1.82) is 0 Å². The maximum atomic E-state index is 9.97.